The maximum atomic E-state index is 12.4. The van der Waals surface area contributed by atoms with Crippen molar-refractivity contribution in [2.45, 2.75) is 26.7 Å². The number of rotatable bonds is 1. The number of piperidine rings is 1. The van der Waals surface area contributed by atoms with Crippen molar-refractivity contribution in [3.05, 3.63) is 33.3 Å². The van der Waals surface area contributed by atoms with E-state index in [2.05, 4.69) is 29.8 Å². The fraction of sp³-hybridized carbons (Fsp3) is 0.500. The molecule has 1 fully saturated rings. The van der Waals surface area contributed by atoms with Gasteiger partial charge in [-0.2, -0.15) is 0 Å². The van der Waals surface area contributed by atoms with Gasteiger partial charge in [0.25, 0.3) is 5.91 Å². The number of carbonyl (C=O) groups is 1. The molecule has 18 heavy (non-hydrogen) atoms. The van der Waals surface area contributed by atoms with Crippen LogP contribution in [0.25, 0.3) is 0 Å². The highest BCUT2D eigenvalue weighted by Crippen LogP contribution is 2.30. The van der Waals surface area contributed by atoms with Gasteiger partial charge in [-0.15, -0.1) is 0 Å². The fourth-order valence-electron chi connectivity index (χ4n) is 2.46. The minimum absolute atomic E-state index is 0.0750. The van der Waals surface area contributed by atoms with Crippen LogP contribution in [0.1, 0.15) is 37.0 Å². The Morgan fingerprint density at radius 3 is 2.72 bits per heavy atom. The minimum atomic E-state index is 0.0750. The van der Waals surface area contributed by atoms with Gasteiger partial charge in [0.1, 0.15) is 0 Å². The lowest BCUT2D eigenvalue weighted by atomic mass is 9.84. The number of nitrogens with zero attached hydrogens (tertiary/aromatic N) is 1. The second kappa shape index (κ2) is 5.22. The third kappa shape index (κ3) is 3.27. The molecule has 2 nitrogen and oxygen atoms in total. The van der Waals surface area contributed by atoms with Crippen LogP contribution in [0.2, 0.25) is 5.02 Å². The molecule has 1 aliphatic heterocycles. The van der Waals surface area contributed by atoms with E-state index < -0.39 is 0 Å². The molecule has 1 heterocycles. The van der Waals surface area contributed by atoms with Crippen LogP contribution in [-0.2, 0) is 0 Å². The molecule has 1 aliphatic rings. The van der Waals surface area contributed by atoms with Gasteiger partial charge in [0.2, 0.25) is 0 Å². The predicted molar refractivity (Wildman–Crippen MR) is 78.1 cm³/mol. The highest BCUT2D eigenvalue weighted by molar-refractivity contribution is 9.10. The van der Waals surface area contributed by atoms with Gasteiger partial charge in [-0.3, -0.25) is 4.79 Å². The highest BCUT2D eigenvalue weighted by Gasteiger charge is 2.29. The van der Waals surface area contributed by atoms with Crippen molar-refractivity contribution in [1.82, 2.24) is 4.90 Å². The molecule has 0 aromatic heterocycles. The van der Waals surface area contributed by atoms with Gasteiger partial charge in [-0.1, -0.05) is 41.4 Å². The lowest BCUT2D eigenvalue weighted by Gasteiger charge is -2.38. The largest absolute Gasteiger partial charge is 0.338 e. The van der Waals surface area contributed by atoms with Gasteiger partial charge in [0, 0.05) is 28.1 Å². The second-order valence-corrected chi connectivity index (χ2v) is 7.00. The molecule has 0 bridgehead atoms. The van der Waals surface area contributed by atoms with Crippen molar-refractivity contribution in [1.29, 1.82) is 0 Å². The minimum Gasteiger partial charge on any atom is -0.338 e. The summed E-state index contributed by atoms with van der Waals surface area (Å²) in [5, 5.41) is 0.587. The smallest absolute Gasteiger partial charge is 0.253 e. The Kier molecular flexibility index (Phi) is 4.02. The molecule has 1 saturated heterocycles. The number of hydrogen-bond donors (Lipinski definition) is 0. The number of hydrogen-bond acceptors (Lipinski definition) is 1. The Morgan fingerprint density at radius 1 is 1.39 bits per heavy atom. The molecule has 1 aromatic carbocycles. The third-order valence-electron chi connectivity index (χ3n) is 3.30. The number of amides is 1. The van der Waals surface area contributed by atoms with Crippen molar-refractivity contribution in [2.75, 3.05) is 13.1 Å². The summed E-state index contributed by atoms with van der Waals surface area (Å²) in [5.74, 6) is 0.0750. The van der Waals surface area contributed by atoms with E-state index in [1.807, 2.05) is 11.0 Å². The Hall–Kier alpha value is -0.540. The van der Waals surface area contributed by atoms with Crippen LogP contribution in [0, 0.1) is 5.41 Å². The molecular weight excluding hydrogens is 314 g/mol. The van der Waals surface area contributed by atoms with E-state index >= 15 is 0 Å². The second-order valence-electron chi connectivity index (χ2n) is 5.65. The van der Waals surface area contributed by atoms with E-state index in [9.17, 15) is 4.79 Å². The number of halogens is 2. The topological polar surface area (TPSA) is 20.3 Å². The Balaban J connectivity index is 2.20. The monoisotopic (exact) mass is 329 g/mol. The number of likely N-dealkylation sites (tertiary alicyclic amines) is 1. The van der Waals surface area contributed by atoms with E-state index in [0.717, 1.165) is 24.0 Å². The van der Waals surface area contributed by atoms with Crippen LogP contribution >= 0.6 is 27.5 Å². The van der Waals surface area contributed by atoms with Gasteiger partial charge >= 0.3 is 0 Å². The van der Waals surface area contributed by atoms with Crippen molar-refractivity contribution >= 4 is 33.4 Å². The first-order valence-electron chi connectivity index (χ1n) is 6.13. The lowest BCUT2D eigenvalue weighted by molar-refractivity contribution is 0.0583. The first-order valence-corrected chi connectivity index (χ1v) is 7.30. The molecule has 0 atom stereocenters. The average molecular weight is 331 g/mol. The standard InChI is InChI=1S/C14H17BrClNO/c1-14(2)4-3-5-17(9-14)13(18)10-6-11(15)8-12(16)7-10/h6-8H,3-5,9H2,1-2H3. The van der Waals surface area contributed by atoms with Gasteiger partial charge in [-0.05, 0) is 36.5 Å². The zero-order valence-electron chi connectivity index (χ0n) is 10.7. The summed E-state index contributed by atoms with van der Waals surface area (Å²) in [7, 11) is 0. The molecular formula is C14H17BrClNO. The summed E-state index contributed by atoms with van der Waals surface area (Å²) in [4.78, 5) is 14.4. The van der Waals surface area contributed by atoms with Gasteiger partial charge in [0.15, 0.2) is 0 Å². The average Bonchev–Trinajstić information content (AvgIpc) is 2.25. The zero-order valence-corrected chi connectivity index (χ0v) is 13.0. The molecule has 1 aromatic rings. The van der Waals surface area contributed by atoms with Crippen LogP contribution in [0.3, 0.4) is 0 Å². The summed E-state index contributed by atoms with van der Waals surface area (Å²) in [6.45, 7) is 6.07. The van der Waals surface area contributed by atoms with Crippen LogP contribution in [0.5, 0.6) is 0 Å². The first kappa shape index (κ1) is 13.9. The van der Waals surface area contributed by atoms with Crippen LogP contribution < -0.4 is 0 Å². The van der Waals surface area contributed by atoms with Crippen molar-refractivity contribution in [2.24, 2.45) is 5.41 Å². The number of benzene rings is 1. The Labute approximate surface area is 121 Å². The molecule has 4 heteroatoms. The summed E-state index contributed by atoms with van der Waals surface area (Å²) < 4.78 is 0.842. The van der Waals surface area contributed by atoms with E-state index in [1.165, 1.54) is 6.42 Å². The highest BCUT2D eigenvalue weighted by atomic mass is 79.9. The van der Waals surface area contributed by atoms with Crippen molar-refractivity contribution in [3.63, 3.8) is 0 Å². The number of carbonyl (C=O) groups excluding carboxylic acids is 1. The van der Waals surface area contributed by atoms with E-state index in [0.29, 0.717) is 10.6 Å². The van der Waals surface area contributed by atoms with Crippen LogP contribution in [0.15, 0.2) is 22.7 Å². The van der Waals surface area contributed by atoms with E-state index in [-0.39, 0.29) is 11.3 Å². The molecule has 2 rings (SSSR count). The summed E-state index contributed by atoms with van der Waals surface area (Å²) in [6.07, 6.45) is 2.25. The molecule has 0 saturated carbocycles. The predicted octanol–water partition coefficient (Wildman–Crippen LogP) is 4.36. The molecule has 0 aliphatic carbocycles. The summed E-state index contributed by atoms with van der Waals surface area (Å²) in [5.41, 5.74) is 0.871. The third-order valence-corrected chi connectivity index (χ3v) is 3.97. The molecule has 0 radical (unpaired) electrons. The first-order chi connectivity index (χ1) is 8.37. The maximum absolute atomic E-state index is 12.4. The quantitative estimate of drug-likeness (QED) is 0.749. The van der Waals surface area contributed by atoms with Crippen molar-refractivity contribution < 1.29 is 4.79 Å². The Bertz CT molecular complexity index is 453. The molecule has 0 spiro atoms. The van der Waals surface area contributed by atoms with Crippen LogP contribution in [0.4, 0.5) is 0 Å². The maximum Gasteiger partial charge on any atom is 0.253 e. The fourth-order valence-corrected chi connectivity index (χ4v) is 3.32. The van der Waals surface area contributed by atoms with Gasteiger partial charge in [0.05, 0.1) is 0 Å². The summed E-state index contributed by atoms with van der Waals surface area (Å²) in [6, 6.07) is 5.35. The van der Waals surface area contributed by atoms with Gasteiger partial charge < -0.3 is 4.90 Å². The SMILES string of the molecule is CC1(C)CCCN(C(=O)c2cc(Cl)cc(Br)c2)C1. The Morgan fingerprint density at radius 2 is 2.11 bits per heavy atom. The molecule has 98 valence electrons. The molecule has 0 N–H and O–H groups in total. The molecule has 0 unspecified atom stereocenters. The van der Waals surface area contributed by atoms with E-state index in [1.54, 1.807) is 12.1 Å². The van der Waals surface area contributed by atoms with Gasteiger partial charge in [-0.25, -0.2) is 0 Å². The molecule has 1 amide bonds. The normalized spacial score (nSPS) is 18.8. The lowest BCUT2D eigenvalue weighted by Crippen LogP contribution is -2.43. The zero-order chi connectivity index (χ0) is 13.3. The summed E-state index contributed by atoms with van der Waals surface area (Å²) >= 11 is 9.36. The van der Waals surface area contributed by atoms with Crippen molar-refractivity contribution in [3.8, 4) is 0 Å². The van der Waals surface area contributed by atoms with Crippen LogP contribution in [-0.4, -0.2) is 23.9 Å². The van der Waals surface area contributed by atoms with E-state index in [4.69, 9.17) is 11.6 Å².